The zero-order valence-corrected chi connectivity index (χ0v) is 10.9. The number of carbonyl (C=O) groups is 1. The molecular weight excluding hydrogens is 230 g/mol. The van der Waals surface area contributed by atoms with Crippen LogP contribution < -0.4 is 10.1 Å². The van der Waals surface area contributed by atoms with Gasteiger partial charge >= 0.3 is 0 Å². The number of nitrogens with zero attached hydrogens (tertiary/aromatic N) is 2. The van der Waals surface area contributed by atoms with Crippen LogP contribution in [0.25, 0.3) is 0 Å². The van der Waals surface area contributed by atoms with E-state index in [9.17, 15) is 4.79 Å². The number of likely N-dealkylation sites (N-methyl/N-ethyl adjacent to an activating group) is 1. The number of benzene rings is 1. The third-order valence-corrected chi connectivity index (χ3v) is 2.68. The van der Waals surface area contributed by atoms with Crippen LogP contribution in [0.15, 0.2) is 18.2 Å². The molecule has 1 aromatic carbocycles. The van der Waals surface area contributed by atoms with Crippen LogP contribution in [0.2, 0.25) is 0 Å². The highest BCUT2D eigenvalue weighted by Crippen LogP contribution is 2.27. The predicted octanol–water partition coefficient (Wildman–Crippen LogP) is 1.46. The Labute approximate surface area is 107 Å². The van der Waals surface area contributed by atoms with Gasteiger partial charge in [-0.3, -0.25) is 4.79 Å². The molecule has 0 saturated heterocycles. The van der Waals surface area contributed by atoms with E-state index in [4.69, 9.17) is 10.00 Å². The van der Waals surface area contributed by atoms with Gasteiger partial charge in [-0.2, -0.15) is 5.26 Å². The molecule has 0 aromatic heterocycles. The fourth-order valence-electron chi connectivity index (χ4n) is 1.45. The normalized spacial score (nSPS) is 9.44. The van der Waals surface area contributed by atoms with E-state index < -0.39 is 0 Å². The number of hydrogen-bond donors (Lipinski definition) is 1. The summed E-state index contributed by atoms with van der Waals surface area (Å²) in [7, 11) is 3.26. The minimum Gasteiger partial charge on any atom is -0.495 e. The Morgan fingerprint density at radius 2 is 2.28 bits per heavy atom. The average molecular weight is 247 g/mol. The molecule has 0 atom stereocenters. The maximum absolute atomic E-state index is 11.7. The van der Waals surface area contributed by atoms with Gasteiger partial charge in [0.2, 0.25) is 5.91 Å². The lowest BCUT2D eigenvalue weighted by molar-refractivity contribution is -0.127. The smallest absolute Gasteiger partial charge is 0.241 e. The van der Waals surface area contributed by atoms with Gasteiger partial charge in [0, 0.05) is 13.6 Å². The van der Waals surface area contributed by atoms with Crippen molar-refractivity contribution in [1.82, 2.24) is 4.90 Å². The van der Waals surface area contributed by atoms with E-state index in [2.05, 4.69) is 11.4 Å². The second-order valence-corrected chi connectivity index (χ2v) is 3.76. The fourth-order valence-corrected chi connectivity index (χ4v) is 1.45. The van der Waals surface area contributed by atoms with Crippen molar-refractivity contribution in [3.8, 4) is 11.8 Å². The summed E-state index contributed by atoms with van der Waals surface area (Å²) in [4.78, 5) is 13.3. The number of hydrogen-bond acceptors (Lipinski definition) is 4. The molecule has 1 amide bonds. The summed E-state index contributed by atoms with van der Waals surface area (Å²) in [6.45, 7) is 2.69. The van der Waals surface area contributed by atoms with Crippen molar-refractivity contribution >= 4 is 11.6 Å². The maximum atomic E-state index is 11.7. The first kappa shape index (κ1) is 13.8. The molecule has 0 spiro atoms. The molecule has 1 rings (SSSR count). The van der Waals surface area contributed by atoms with E-state index in [1.54, 1.807) is 30.1 Å². The van der Waals surface area contributed by atoms with Crippen LogP contribution in [0.3, 0.4) is 0 Å². The maximum Gasteiger partial charge on any atom is 0.241 e. The summed E-state index contributed by atoms with van der Waals surface area (Å²) in [5.41, 5.74) is 1.02. The van der Waals surface area contributed by atoms with Crippen LogP contribution >= 0.6 is 0 Å². The number of ether oxygens (including phenoxy) is 1. The summed E-state index contributed by atoms with van der Waals surface area (Å²) in [5, 5.41) is 12.0. The van der Waals surface area contributed by atoms with Gasteiger partial charge in [0.1, 0.15) is 11.8 Å². The first-order chi connectivity index (χ1) is 8.63. The highest BCUT2D eigenvalue weighted by atomic mass is 16.5. The average Bonchev–Trinajstić information content (AvgIpc) is 2.43. The summed E-state index contributed by atoms with van der Waals surface area (Å²) in [6, 6.07) is 7.24. The highest BCUT2D eigenvalue weighted by molar-refractivity contribution is 5.82. The van der Waals surface area contributed by atoms with E-state index in [0.717, 1.165) is 0 Å². The van der Waals surface area contributed by atoms with Gasteiger partial charge in [0.05, 0.1) is 24.9 Å². The van der Waals surface area contributed by atoms with Crippen LogP contribution in [-0.4, -0.2) is 38.1 Å². The molecule has 0 aliphatic carbocycles. The first-order valence-electron chi connectivity index (χ1n) is 5.69. The summed E-state index contributed by atoms with van der Waals surface area (Å²) >= 11 is 0. The van der Waals surface area contributed by atoms with Gasteiger partial charge in [-0.25, -0.2) is 0 Å². The minimum absolute atomic E-state index is 0.0349. The minimum atomic E-state index is -0.0349. The van der Waals surface area contributed by atoms with Gasteiger partial charge in [0.25, 0.3) is 0 Å². The second kappa shape index (κ2) is 6.50. The lowest BCUT2D eigenvalue weighted by atomic mass is 10.2. The molecule has 1 N–H and O–H groups in total. The third kappa shape index (κ3) is 3.14. The van der Waals surface area contributed by atoms with E-state index in [1.807, 2.05) is 6.92 Å². The highest BCUT2D eigenvalue weighted by Gasteiger charge is 2.11. The van der Waals surface area contributed by atoms with Crippen LogP contribution in [0, 0.1) is 11.3 Å². The van der Waals surface area contributed by atoms with E-state index in [1.165, 1.54) is 7.11 Å². The lowest BCUT2D eigenvalue weighted by Gasteiger charge is -2.17. The zero-order valence-electron chi connectivity index (χ0n) is 10.9. The number of nitriles is 1. The summed E-state index contributed by atoms with van der Waals surface area (Å²) < 4.78 is 5.17. The van der Waals surface area contributed by atoms with Crippen LogP contribution in [0.4, 0.5) is 5.69 Å². The van der Waals surface area contributed by atoms with Gasteiger partial charge in [-0.1, -0.05) is 6.07 Å². The van der Waals surface area contributed by atoms with Crippen molar-refractivity contribution in [3.05, 3.63) is 23.8 Å². The monoisotopic (exact) mass is 247 g/mol. The molecule has 0 heterocycles. The standard InChI is InChI=1S/C13H17N3O2/c1-4-16(2)12(17)9-15-13-10(8-14)6-5-7-11(13)18-3/h5-7,15H,4,9H2,1-3H3. The molecule has 0 fully saturated rings. The molecule has 0 aliphatic rings. The molecule has 0 radical (unpaired) electrons. The molecular formula is C13H17N3O2. The Morgan fingerprint density at radius 1 is 1.56 bits per heavy atom. The number of carbonyl (C=O) groups excluding carboxylic acids is 1. The van der Waals surface area contributed by atoms with Gasteiger partial charge in [0.15, 0.2) is 0 Å². The van der Waals surface area contributed by atoms with Crippen molar-refractivity contribution in [1.29, 1.82) is 5.26 Å². The SMILES string of the molecule is CCN(C)C(=O)CNc1c(C#N)cccc1OC. The Kier molecular flexibility index (Phi) is 5.00. The number of nitrogens with one attached hydrogen (secondary N) is 1. The largest absolute Gasteiger partial charge is 0.495 e. The fraction of sp³-hybridized carbons (Fsp3) is 0.385. The van der Waals surface area contributed by atoms with Crippen LogP contribution in [0.5, 0.6) is 5.75 Å². The number of methoxy groups -OCH3 is 1. The molecule has 0 bridgehead atoms. The van der Waals surface area contributed by atoms with Crippen LogP contribution in [-0.2, 0) is 4.79 Å². The number of para-hydroxylation sites is 1. The van der Waals surface area contributed by atoms with E-state index in [-0.39, 0.29) is 12.5 Å². The van der Waals surface area contributed by atoms with Gasteiger partial charge in [-0.05, 0) is 19.1 Å². The third-order valence-electron chi connectivity index (χ3n) is 2.68. The number of anilines is 1. The van der Waals surface area contributed by atoms with Crippen molar-refractivity contribution in [2.24, 2.45) is 0 Å². The molecule has 1 aromatic rings. The molecule has 5 heteroatoms. The first-order valence-corrected chi connectivity index (χ1v) is 5.69. The van der Waals surface area contributed by atoms with Crippen molar-refractivity contribution in [2.45, 2.75) is 6.92 Å². The van der Waals surface area contributed by atoms with Crippen molar-refractivity contribution in [2.75, 3.05) is 32.6 Å². The van der Waals surface area contributed by atoms with Crippen molar-refractivity contribution in [3.63, 3.8) is 0 Å². The lowest BCUT2D eigenvalue weighted by Crippen LogP contribution is -2.32. The molecule has 5 nitrogen and oxygen atoms in total. The predicted molar refractivity (Wildman–Crippen MR) is 69.5 cm³/mol. The molecule has 18 heavy (non-hydrogen) atoms. The number of amides is 1. The van der Waals surface area contributed by atoms with Gasteiger partial charge in [-0.15, -0.1) is 0 Å². The van der Waals surface area contributed by atoms with Gasteiger partial charge < -0.3 is 15.0 Å². The Morgan fingerprint density at radius 3 is 2.83 bits per heavy atom. The Hall–Kier alpha value is -2.22. The van der Waals surface area contributed by atoms with E-state index in [0.29, 0.717) is 23.5 Å². The second-order valence-electron chi connectivity index (χ2n) is 3.76. The molecule has 96 valence electrons. The Balaban J connectivity index is 2.84. The van der Waals surface area contributed by atoms with Crippen molar-refractivity contribution < 1.29 is 9.53 Å². The summed E-state index contributed by atoms with van der Waals surface area (Å²) in [5.74, 6) is 0.522. The molecule has 0 aliphatic heterocycles. The molecule has 0 saturated carbocycles. The zero-order chi connectivity index (χ0) is 13.5. The number of rotatable bonds is 5. The summed E-state index contributed by atoms with van der Waals surface area (Å²) in [6.07, 6.45) is 0. The molecule has 0 unspecified atom stereocenters. The topological polar surface area (TPSA) is 65.4 Å². The Bertz CT molecular complexity index is 466. The van der Waals surface area contributed by atoms with E-state index >= 15 is 0 Å². The quantitative estimate of drug-likeness (QED) is 0.855. The van der Waals surface area contributed by atoms with Crippen LogP contribution in [0.1, 0.15) is 12.5 Å².